The predicted octanol–water partition coefficient (Wildman–Crippen LogP) is -0.0752. The molecule has 90 valence electrons. The Hall–Kier alpha value is -1.14. The highest BCUT2D eigenvalue weighted by Crippen LogP contribution is 1.89. The van der Waals surface area contributed by atoms with Gasteiger partial charge in [0.1, 0.15) is 0 Å². The van der Waals surface area contributed by atoms with Crippen LogP contribution in [0.1, 0.15) is 13.3 Å². The van der Waals surface area contributed by atoms with Crippen LogP contribution in [-0.2, 0) is 0 Å². The molecule has 0 aliphatic rings. The van der Waals surface area contributed by atoms with Crippen LogP contribution in [0, 0.1) is 22.7 Å². The van der Waals surface area contributed by atoms with Gasteiger partial charge in [-0.25, -0.2) is 0 Å². The highest BCUT2D eigenvalue weighted by molar-refractivity contribution is 4.74. The maximum atomic E-state index is 8.37. The van der Waals surface area contributed by atoms with Gasteiger partial charge in [-0.05, 0) is 13.0 Å². The van der Waals surface area contributed by atoms with Crippen molar-refractivity contribution < 1.29 is 0 Å². The van der Waals surface area contributed by atoms with E-state index >= 15 is 0 Å². The molecule has 0 aliphatic heterocycles. The molecular weight excluding hydrogens is 202 g/mol. The standard InChI is InChI=1S/C11H21N5/c1-2-9-16(10-7-14-5-3-12)11-8-15-6-4-13/h14-15H,2,5-11H2,1H3. The second-order valence-corrected chi connectivity index (χ2v) is 3.51. The molecule has 0 amide bonds. The molecule has 0 bridgehead atoms. The quantitative estimate of drug-likeness (QED) is 0.400. The van der Waals surface area contributed by atoms with Gasteiger partial charge in [-0.3, -0.25) is 0 Å². The Labute approximate surface area is 98.0 Å². The van der Waals surface area contributed by atoms with Gasteiger partial charge in [0.25, 0.3) is 0 Å². The van der Waals surface area contributed by atoms with Crippen LogP contribution in [0.15, 0.2) is 0 Å². The third kappa shape index (κ3) is 9.42. The third-order valence-corrected chi connectivity index (χ3v) is 2.16. The number of nitrogens with one attached hydrogen (secondary N) is 2. The summed E-state index contributed by atoms with van der Waals surface area (Å²) in [7, 11) is 0. The number of rotatable bonds is 10. The molecule has 16 heavy (non-hydrogen) atoms. The second-order valence-electron chi connectivity index (χ2n) is 3.51. The molecular formula is C11H21N5. The number of hydrogen-bond donors (Lipinski definition) is 2. The maximum Gasteiger partial charge on any atom is 0.0841 e. The first-order valence-electron chi connectivity index (χ1n) is 5.72. The van der Waals surface area contributed by atoms with E-state index in [2.05, 4.69) is 34.6 Å². The first-order valence-corrected chi connectivity index (χ1v) is 5.72. The molecule has 0 atom stereocenters. The van der Waals surface area contributed by atoms with Gasteiger partial charge in [0.15, 0.2) is 0 Å². The van der Waals surface area contributed by atoms with E-state index in [1.54, 1.807) is 0 Å². The fourth-order valence-electron chi connectivity index (χ4n) is 1.41. The molecule has 5 heteroatoms. The van der Waals surface area contributed by atoms with Crippen molar-refractivity contribution in [3.63, 3.8) is 0 Å². The lowest BCUT2D eigenvalue weighted by molar-refractivity contribution is 0.276. The predicted molar refractivity (Wildman–Crippen MR) is 63.7 cm³/mol. The molecule has 0 unspecified atom stereocenters. The Balaban J connectivity index is 3.55. The first-order chi connectivity index (χ1) is 7.85. The Morgan fingerprint density at radius 1 is 0.938 bits per heavy atom. The average Bonchev–Trinajstić information content (AvgIpc) is 2.30. The normalized spacial score (nSPS) is 10.0. The van der Waals surface area contributed by atoms with Crippen molar-refractivity contribution in [3.05, 3.63) is 0 Å². The lowest BCUT2D eigenvalue weighted by Crippen LogP contribution is -2.37. The van der Waals surface area contributed by atoms with Crippen molar-refractivity contribution in [3.8, 4) is 12.1 Å². The summed E-state index contributed by atoms with van der Waals surface area (Å²) < 4.78 is 0. The second kappa shape index (κ2) is 11.9. The van der Waals surface area contributed by atoms with Crippen LogP contribution in [0.2, 0.25) is 0 Å². The van der Waals surface area contributed by atoms with Gasteiger partial charge in [-0.1, -0.05) is 6.92 Å². The Morgan fingerprint density at radius 2 is 1.44 bits per heavy atom. The number of nitrogens with zero attached hydrogens (tertiary/aromatic N) is 3. The minimum absolute atomic E-state index is 0.409. The van der Waals surface area contributed by atoms with E-state index in [-0.39, 0.29) is 0 Å². The molecule has 0 rings (SSSR count). The molecule has 0 radical (unpaired) electrons. The van der Waals surface area contributed by atoms with Gasteiger partial charge >= 0.3 is 0 Å². The van der Waals surface area contributed by atoms with E-state index in [9.17, 15) is 0 Å². The lowest BCUT2D eigenvalue weighted by Gasteiger charge is -2.21. The van der Waals surface area contributed by atoms with Gasteiger partial charge in [-0.2, -0.15) is 10.5 Å². The van der Waals surface area contributed by atoms with Gasteiger partial charge in [0.05, 0.1) is 25.2 Å². The van der Waals surface area contributed by atoms with Crippen LogP contribution >= 0.6 is 0 Å². The topological polar surface area (TPSA) is 74.9 Å². The maximum absolute atomic E-state index is 8.37. The number of hydrogen-bond acceptors (Lipinski definition) is 5. The first kappa shape index (κ1) is 14.9. The smallest absolute Gasteiger partial charge is 0.0841 e. The van der Waals surface area contributed by atoms with Gasteiger partial charge in [0, 0.05) is 26.2 Å². The zero-order valence-corrected chi connectivity index (χ0v) is 10.00. The molecule has 0 aromatic rings. The highest BCUT2D eigenvalue weighted by Gasteiger charge is 2.02. The summed E-state index contributed by atoms with van der Waals surface area (Å²) in [5.41, 5.74) is 0. The summed E-state index contributed by atoms with van der Waals surface area (Å²) in [4.78, 5) is 2.33. The molecule has 0 saturated carbocycles. The van der Waals surface area contributed by atoms with Crippen molar-refractivity contribution in [1.82, 2.24) is 15.5 Å². The summed E-state index contributed by atoms with van der Waals surface area (Å²) in [6.07, 6.45) is 1.12. The zero-order valence-electron chi connectivity index (χ0n) is 10.00. The molecule has 0 aromatic heterocycles. The SMILES string of the molecule is CCCN(CCNCC#N)CCNCC#N. The van der Waals surface area contributed by atoms with E-state index in [1.807, 2.05) is 0 Å². The van der Waals surface area contributed by atoms with Crippen molar-refractivity contribution in [2.24, 2.45) is 0 Å². The third-order valence-electron chi connectivity index (χ3n) is 2.16. The van der Waals surface area contributed by atoms with Crippen molar-refractivity contribution in [1.29, 1.82) is 10.5 Å². The van der Waals surface area contributed by atoms with E-state index in [1.165, 1.54) is 0 Å². The van der Waals surface area contributed by atoms with Crippen LogP contribution in [-0.4, -0.2) is 50.7 Å². The molecule has 2 N–H and O–H groups in total. The minimum Gasteiger partial charge on any atom is -0.303 e. The fourth-order valence-corrected chi connectivity index (χ4v) is 1.41. The lowest BCUT2D eigenvalue weighted by atomic mass is 10.4. The minimum atomic E-state index is 0.409. The van der Waals surface area contributed by atoms with Crippen molar-refractivity contribution in [2.75, 3.05) is 45.8 Å². The van der Waals surface area contributed by atoms with Crippen LogP contribution < -0.4 is 10.6 Å². The van der Waals surface area contributed by atoms with Gasteiger partial charge in [0.2, 0.25) is 0 Å². The van der Waals surface area contributed by atoms with Gasteiger partial charge in [-0.15, -0.1) is 0 Å². The Kier molecular flexibility index (Phi) is 11.1. The van der Waals surface area contributed by atoms with E-state index in [0.717, 1.165) is 39.1 Å². The average molecular weight is 223 g/mol. The molecule has 0 fully saturated rings. The van der Waals surface area contributed by atoms with Crippen molar-refractivity contribution in [2.45, 2.75) is 13.3 Å². The van der Waals surface area contributed by atoms with Crippen LogP contribution in [0.5, 0.6) is 0 Å². The molecule has 0 heterocycles. The number of nitriles is 2. The molecule has 0 saturated heterocycles. The van der Waals surface area contributed by atoms with Crippen LogP contribution in [0.4, 0.5) is 0 Å². The molecule has 5 nitrogen and oxygen atoms in total. The zero-order chi connectivity index (χ0) is 12.1. The van der Waals surface area contributed by atoms with E-state index < -0.39 is 0 Å². The van der Waals surface area contributed by atoms with Crippen molar-refractivity contribution >= 4 is 0 Å². The van der Waals surface area contributed by atoms with Crippen LogP contribution in [0.25, 0.3) is 0 Å². The summed E-state index contributed by atoms with van der Waals surface area (Å²) in [6, 6.07) is 4.11. The fraction of sp³-hybridized carbons (Fsp3) is 0.818. The summed E-state index contributed by atoms with van der Waals surface area (Å²) in [5, 5.41) is 22.8. The molecule has 0 aromatic carbocycles. The van der Waals surface area contributed by atoms with E-state index in [4.69, 9.17) is 10.5 Å². The van der Waals surface area contributed by atoms with E-state index in [0.29, 0.717) is 13.1 Å². The highest BCUT2D eigenvalue weighted by atomic mass is 15.1. The Bertz CT molecular complexity index is 206. The summed E-state index contributed by atoms with van der Waals surface area (Å²) in [6.45, 7) is 7.60. The van der Waals surface area contributed by atoms with Crippen LogP contribution in [0.3, 0.4) is 0 Å². The summed E-state index contributed by atoms with van der Waals surface area (Å²) >= 11 is 0. The Morgan fingerprint density at radius 3 is 1.81 bits per heavy atom. The monoisotopic (exact) mass is 223 g/mol. The van der Waals surface area contributed by atoms with Gasteiger partial charge < -0.3 is 15.5 Å². The molecule has 0 aliphatic carbocycles. The summed E-state index contributed by atoms with van der Waals surface area (Å²) in [5.74, 6) is 0. The molecule has 0 spiro atoms. The largest absolute Gasteiger partial charge is 0.303 e.